The Labute approximate surface area is 157 Å². The first kappa shape index (κ1) is 17.0. The quantitative estimate of drug-likeness (QED) is 0.629. The van der Waals surface area contributed by atoms with Crippen molar-refractivity contribution in [3.63, 3.8) is 0 Å². The molecule has 1 saturated carbocycles. The second-order valence-corrected chi connectivity index (χ2v) is 7.52. The smallest absolute Gasteiger partial charge is 0.280 e. The Morgan fingerprint density at radius 2 is 1.65 bits per heavy atom. The van der Waals surface area contributed by atoms with Crippen molar-refractivity contribution in [2.24, 2.45) is 5.92 Å². The van der Waals surface area contributed by atoms with Gasteiger partial charge >= 0.3 is 0 Å². The van der Waals surface area contributed by atoms with Gasteiger partial charge < -0.3 is 5.32 Å². The molecule has 26 heavy (non-hydrogen) atoms. The van der Waals surface area contributed by atoms with Crippen LogP contribution in [-0.4, -0.2) is 28.0 Å². The van der Waals surface area contributed by atoms with Crippen molar-refractivity contribution in [2.45, 2.75) is 38.6 Å². The molecule has 5 nitrogen and oxygen atoms in total. The molecule has 0 bridgehead atoms. The minimum atomic E-state index is -0.375. The Balaban J connectivity index is 1.57. The van der Waals surface area contributed by atoms with Crippen LogP contribution in [0.5, 0.6) is 0 Å². The van der Waals surface area contributed by atoms with Crippen LogP contribution in [0.1, 0.15) is 53.3 Å². The van der Waals surface area contributed by atoms with Crippen LogP contribution in [0.15, 0.2) is 36.4 Å². The topological polar surface area (TPSA) is 61.4 Å². The lowest BCUT2D eigenvalue weighted by Gasteiger charge is -2.33. The highest BCUT2D eigenvalue weighted by Crippen LogP contribution is 2.29. The van der Waals surface area contributed by atoms with E-state index in [1.165, 1.54) is 12.8 Å². The number of nitrogens with one attached hydrogen (secondary N) is 2. The molecule has 1 aliphatic heterocycles. The molecule has 0 saturated heterocycles. The van der Waals surface area contributed by atoms with E-state index in [-0.39, 0.29) is 17.9 Å². The maximum atomic E-state index is 12.9. The zero-order valence-electron chi connectivity index (χ0n) is 14.6. The Bertz CT molecular complexity index is 860. The Kier molecular flexibility index (Phi) is 4.36. The highest BCUT2D eigenvalue weighted by atomic mass is 32.1. The average molecular weight is 367 g/mol. The van der Waals surface area contributed by atoms with E-state index in [0.717, 1.165) is 23.2 Å². The first-order valence-electron chi connectivity index (χ1n) is 9.04. The Morgan fingerprint density at radius 3 is 2.27 bits per heavy atom. The minimum absolute atomic E-state index is 0.273. The molecule has 0 radical (unpaired) electrons. The van der Waals surface area contributed by atoms with Gasteiger partial charge in [-0.2, -0.15) is 5.01 Å². The van der Waals surface area contributed by atoms with E-state index >= 15 is 0 Å². The highest BCUT2D eigenvalue weighted by Gasteiger charge is 2.34. The van der Waals surface area contributed by atoms with Gasteiger partial charge in [0.1, 0.15) is 0 Å². The summed E-state index contributed by atoms with van der Waals surface area (Å²) in [6.07, 6.45) is 4.62. The van der Waals surface area contributed by atoms with Crippen molar-refractivity contribution in [1.82, 2.24) is 15.8 Å². The Hall–Kier alpha value is -2.47. The molecule has 0 unspecified atom stereocenters. The minimum Gasteiger partial charge on any atom is -0.358 e. The van der Waals surface area contributed by atoms with Crippen molar-refractivity contribution < 1.29 is 9.59 Å². The summed E-state index contributed by atoms with van der Waals surface area (Å²) in [7, 11) is 0. The predicted molar refractivity (Wildman–Crippen MR) is 105 cm³/mol. The second-order valence-electron chi connectivity index (χ2n) is 7.11. The number of thiocarbonyl (C=S) groups is 1. The molecule has 2 amide bonds. The summed E-state index contributed by atoms with van der Waals surface area (Å²) in [5.74, 6) is -0.231. The van der Waals surface area contributed by atoms with Crippen LogP contribution in [0.2, 0.25) is 0 Å². The number of hydrogen-bond donors (Lipinski definition) is 2. The number of imide groups is 1. The number of carbonyl (C=O) groups excluding carboxylic acids is 2. The van der Waals surface area contributed by atoms with Gasteiger partial charge in [-0.3, -0.25) is 15.0 Å². The molecule has 0 aromatic heterocycles. The Morgan fingerprint density at radius 1 is 1.04 bits per heavy atom. The van der Waals surface area contributed by atoms with E-state index in [1.54, 1.807) is 12.1 Å². The van der Waals surface area contributed by atoms with Crippen molar-refractivity contribution >= 4 is 39.9 Å². The second kappa shape index (κ2) is 6.68. The van der Waals surface area contributed by atoms with Gasteiger partial charge in [0.25, 0.3) is 11.8 Å². The van der Waals surface area contributed by atoms with Crippen molar-refractivity contribution in [1.29, 1.82) is 0 Å². The summed E-state index contributed by atoms with van der Waals surface area (Å²) in [6, 6.07) is 11.2. The van der Waals surface area contributed by atoms with Gasteiger partial charge in [-0.05, 0) is 48.5 Å². The standard InChI is InChI=1S/C20H21N3O2S/c1-12-6-2-3-11-16(12)21-20(26)22-23-18(24)14-9-4-7-13-8-5-10-15(17(13)14)19(23)25/h4-5,7-10,12,16H,2-3,6,11H2,1H3,(H2,21,22,26)/t12-,16-/m1/s1. The lowest BCUT2D eigenvalue weighted by Crippen LogP contribution is -2.56. The largest absolute Gasteiger partial charge is 0.358 e. The van der Waals surface area contributed by atoms with Crippen LogP contribution in [0, 0.1) is 5.92 Å². The number of hydrazine groups is 1. The zero-order chi connectivity index (χ0) is 18.3. The van der Waals surface area contributed by atoms with E-state index in [1.807, 2.05) is 24.3 Å². The fourth-order valence-corrected chi connectivity index (χ4v) is 4.21. The first-order chi connectivity index (χ1) is 12.6. The third-order valence-corrected chi connectivity index (χ3v) is 5.62. The molecular formula is C20H21N3O2S. The molecule has 1 aliphatic carbocycles. The molecular weight excluding hydrogens is 346 g/mol. The normalized spacial score (nSPS) is 22.4. The molecule has 0 spiro atoms. The SMILES string of the molecule is C[C@@H]1CCCC[C@H]1NC(=S)NN1C(=O)c2cccc3cccc(c23)C1=O. The zero-order valence-corrected chi connectivity index (χ0v) is 15.4. The number of benzene rings is 2. The number of amides is 2. The molecule has 2 aromatic rings. The van der Waals surface area contributed by atoms with E-state index < -0.39 is 0 Å². The van der Waals surface area contributed by atoms with Gasteiger partial charge in [0.2, 0.25) is 0 Å². The van der Waals surface area contributed by atoms with E-state index in [0.29, 0.717) is 27.5 Å². The fraction of sp³-hybridized carbons (Fsp3) is 0.350. The molecule has 2 aromatic carbocycles. The van der Waals surface area contributed by atoms with Crippen LogP contribution < -0.4 is 10.7 Å². The van der Waals surface area contributed by atoms with Gasteiger partial charge in [0.05, 0.1) is 11.1 Å². The van der Waals surface area contributed by atoms with Gasteiger partial charge in [-0.25, -0.2) is 0 Å². The van der Waals surface area contributed by atoms with E-state index in [2.05, 4.69) is 17.7 Å². The van der Waals surface area contributed by atoms with Gasteiger partial charge in [-0.1, -0.05) is 44.0 Å². The molecule has 4 rings (SSSR count). The summed E-state index contributed by atoms with van der Waals surface area (Å²) in [6.45, 7) is 2.20. The maximum Gasteiger partial charge on any atom is 0.280 e. The first-order valence-corrected chi connectivity index (χ1v) is 9.45. The molecule has 134 valence electrons. The fourth-order valence-electron chi connectivity index (χ4n) is 3.97. The van der Waals surface area contributed by atoms with Crippen molar-refractivity contribution in [3.8, 4) is 0 Å². The van der Waals surface area contributed by atoms with Gasteiger partial charge in [0.15, 0.2) is 5.11 Å². The predicted octanol–water partition coefficient (Wildman–Crippen LogP) is 3.39. The number of hydrogen-bond acceptors (Lipinski definition) is 3. The van der Waals surface area contributed by atoms with E-state index in [4.69, 9.17) is 12.2 Å². The number of carbonyl (C=O) groups is 2. The van der Waals surface area contributed by atoms with Crippen molar-refractivity contribution in [3.05, 3.63) is 47.5 Å². The van der Waals surface area contributed by atoms with Gasteiger partial charge in [0, 0.05) is 11.4 Å². The molecule has 6 heteroatoms. The molecule has 2 atom stereocenters. The summed E-state index contributed by atoms with van der Waals surface area (Å²) in [4.78, 5) is 25.7. The third-order valence-electron chi connectivity index (χ3n) is 5.41. The van der Waals surface area contributed by atoms with Gasteiger partial charge in [-0.15, -0.1) is 0 Å². The summed E-state index contributed by atoms with van der Waals surface area (Å²) >= 11 is 5.39. The van der Waals surface area contributed by atoms with Crippen LogP contribution in [0.3, 0.4) is 0 Å². The molecule has 2 N–H and O–H groups in total. The van der Waals surface area contributed by atoms with Crippen LogP contribution in [0.25, 0.3) is 10.8 Å². The van der Waals surface area contributed by atoms with Crippen molar-refractivity contribution in [2.75, 3.05) is 0 Å². The summed E-state index contributed by atoms with van der Waals surface area (Å²) in [5.41, 5.74) is 3.85. The summed E-state index contributed by atoms with van der Waals surface area (Å²) < 4.78 is 0. The number of rotatable bonds is 2. The average Bonchev–Trinajstić information content (AvgIpc) is 2.65. The van der Waals surface area contributed by atoms with Crippen LogP contribution >= 0.6 is 12.2 Å². The third kappa shape index (κ3) is 2.84. The molecule has 2 aliphatic rings. The van der Waals surface area contributed by atoms with Crippen LogP contribution in [-0.2, 0) is 0 Å². The lowest BCUT2D eigenvalue weighted by atomic mass is 9.86. The van der Waals surface area contributed by atoms with Crippen LogP contribution in [0.4, 0.5) is 0 Å². The van der Waals surface area contributed by atoms with E-state index in [9.17, 15) is 9.59 Å². The maximum absolute atomic E-state index is 12.9. The number of nitrogens with zero attached hydrogens (tertiary/aromatic N) is 1. The highest BCUT2D eigenvalue weighted by molar-refractivity contribution is 7.80. The lowest BCUT2D eigenvalue weighted by molar-refractivity contribution is 0.0565. The molecule has 1 heterocycles. The monoisotopic (exact) mass is 367 g/mol. The molecule has 1 fully saturated rings. The summed E-state index contributed by atoms with van der Waals surface area (Å²) in [5, 5.41) is 6.22.